The molecule has 3 nitrogen and oxygen atoms in total. The maximum atomic E-state index is 11.7. The fourth-order valence-electron chi connectivity index (χ4n) is 4.13. The van der Waals surface area contributed by atoms with Crippen LogP contribution in [0.15, 0.2) is 0 Å². The van der Waals surface area contributed by atoms with Crippen LogP contribution < -0.4 is 5.32 Å². The number of nitrogens with zero attached hydrogens (tertiary/aromatic N) is 1. The zero-order valence-corrected chi connectivity index (χ0v) is 13.4. The van der Waals surface area contributed by atoms with Gasteiger partial charge in [0.15, 0.2) is 0 Å². The topological polar surface area (TPSA) is 32.3 Å². The van der Waals surface area contributed by atoms with E-state index < -0.39 is 0 Å². The quantitative estimate of drug-likeness (QED) is 0.839. The van der Waals surface area contributed by atoms with Crippen LogP contribution in [0.25, 0.3) is 0 Å². The fourth-order valence-corrected chi connectivity index (χ4v) is 4.13. The molecular formula is C17H32N2O. The molecule has 2 fully saturated rings. The second-order valence-electron chi connectivity index (χ2n) is 6.95. The average molecular weight is 280 g/mol. The van der Waals surface area contributed by atoms with Crippen LogP contribution in [-0.4, -0.2) is 37.5 Å². The van der Waals surface area contributed by atoms with Crippen molar-refractivity contribution in [2.24, 2.45) is 11.8 Å². The second-order valence-corrected chi connectivity index (χ2v) is 6.95. The third-order valence-electron chi connectivity index (χ3n) is 5.32. The SMILES string of the molecule is CN(C)C(=O)CCNC1CCCCC1C1CCCCC1. The predicted molar refractivity (Wildman–Crippen MR) is 83.6 cm³/mol. The van der Waals surface area contributed by atoms with E-state index in [1.807, 2.05) is 14.1 Å². The van der Waals surface area contributed by atoms with Gasteiger partial charge in [0.25, 0.3) is 0 Å². The maximum absolute atomic E-state index is 11.7. The molecule has 0 aromatic rings. The minimum absolute atomic E-state index is 0.238. The molecule has 2 atom stereocenters. The highest BCUT2D eigenvalue weighted by Gasteiger charge is 2.32. The van der Waals surface area contributed by atoms with Crippen LogP contribution in [0.1, 0.15) is 64.2 Å². The zero-order chi connectivity index (χ0) is 14.4. The molecule has 1 amide bonds. The summed E-state index contributed by atoms with van der Waals surface area (Å²) < 4.78 is 0. The Balaban J connectivity index is 1.79. The normalized spacial score (nSPS) is 28.3. The third-order valence-corrected chi connectivity index (χ3v) is 5.32. The van der Waals surface area contributed by atoms with Crippen LogP contribution in [0.4, 0.5) is 0 Å². The minimum atomic E-state index is 0.238. The average Bonchev–Trinajstić information content (AvgIpc) is 2.48. The maximum Gasteiger partial charge on any atom is 0.223 e. The van der Waals surface area contributed by atoms with Crippen molar-refractivity contribution in [3.63, 3.8) is 0 Å². The molecule has 2 aliphatic rings. The van der Waals surface area contributed by atoms with Crippen molar-refractivity contribution >= 4 is 5.91 Å². The largest absolute Gasteiger partial charge is 0.349 e. The van der Waals surface area contributed by atoms with Crippen molar-refractivity contribution < 1.29 is 4.79 Å². The van der Waals surface area contributed by atoms with Gasteiger partial charge in [0.2, 0.25) is 5.91 Å². The van der Waals surface area contributed by atoms with Gasteiger partial charge in [0, 0.05) is 33.1 Å². The first-order valence-electron chi connectivity index (χ1n) is 8.62. The van der Waals surface area contributed by atoms with Crippen LogP contribution in [0.2, 0.25) is 0 Å². The Morgan fingerprint density at radius 2 is 1.65 bits per heavy atom. The molecule has 20 heavy (non-hydrogen) atoms. The van der Waals surface area contributed by atoms with Gasteiger partial charge in [-0.3, -0.25) is 4.79 Å². The van der Waals surface area contributed by atoms with Gasteiger partial charge in [-0.05, 0) is 24.7 Å². The molecular weight excluding hydrogens is 248 g/mol. The number of hydrogen-bond donors (Lipinski definition) is 1. The van der Waals surface area contributed by atoms with Crippen molar-refractivity contribution in [1.29, 1.82) is 0 Å². The van der Waals surface area contributed by atoms with Gasteiger partial charge in [-0.25, -0.2) is 0 Å². The molecule has 0 aromatic heterocycles. The number of amides is 1. The van der Waals surface area contributed by atoms with E-state index in [4.69, 9.17) is 0 Å². The van der Waals surface area contributed by atoms with Crippen molar-refractivity contribution in [3.05, 3.63) is 0 Å². The van der Waals surface area contributed by atoms with E-state index in [-0.39, 0.29) is 5.91 Å². The molecule has 2 rings (SSSR count). The molecule has 1 N–H and O–H groups in total. The molecule has 0 radical (unpaired) electrons. The Kier molecular flexibility index (Phi) is 6.34. The lowest BCUT2D eigenvalue weighted by Gasteiger charge is -2.39. The smallest absolute Gasteiger partial charge is 0.223 e. The summed E-state index contributed by atoms with van der Waals surface area (Å²) in [5.74, 6) is 2.06. The number of rotatable bonds is 5. The Bertz CT molecular complexity index is 297. The van der Waals surface area contributed by atoms with E-state index in [0.29, 0.717) is 12.5 Å². The minimum Gasteiger partial charge on any atom is -0.349 e. The van der Waals surface area contributed by atoms with E-state index >= 15 is 0 Å². The van der Waals surface area contributed by atoms with Gasteiger partial charge in [-0.1, -0.05) is 44.9 Å². The number of nitrogens with one attached hydrogen (secondary N) is 1. The van der Waals surface area contributed by atoms with Crippen LogP contribution >= 0.6 is 0 Å². The van der Waals surface area contributed by atoms with Gasteiger partial charge in [0.1, 0.15) is 0 Å². The van der Waals surface area contributed by atoms with E-state index in [1.165, 1.54) is 57.8 Å². The summed E-state index contributed by atoms with van der Waals surface area (Å²) in [7, 11) is 3.68. The van der Waals surface area contributed by atoms with Crippen molar-refractivity contribution in [2.75, 3.05) is 20.6 Å². The molecule has 0 aliphatic heterocycles. The molecule has 0 bridgehead atoms. The first-order chi connectivity index (χ1) is 9.68. The number of hydrogen-bond acceptors (Lipinski definition) is 2. The van der Waals surface area contributed by atoms with Gasteiger partial charge in [-0.15, -0.1) is 0 Å². The summed E-state index contributed by atoms with van der Waals surface area (Å²) in [6.45, 7) is 0.852. The van der Waals surface area contributed by atoms with Gasteiger partial charge in [0.05, 0.1) is 0 Å². The lowest BCUT2D eigenvalue weighted by atomic mass is 9.71. The summed E-state index contributed by atoms with van der Waals surface area (Å²) in [4.78, 5) is 13.3. The molecule has 116 valence electrons. The molecule has 0 aromatic carbocycles. The van der Waals surface area contributed by atoms with E-state index in [0.717, 1.165) is 18.4 Å². The fraction of sp³-hybridized carbons (Fsp3) is 0.941. The number of carbonyl (C=O) groups excluding carboxylic acids is 1. The van der Waals surface area contributed by atoms with E-state index in [1.54, 1.807) is 4.90 Å². The van der Waals surface area contributed by atoms with Crippen molar-refractivity contribution in [1.82, 2.24) is 10.2 Å². The van der Waals surface area contributed by atoms with Gasteiger partial charge < -0.3 is 10.2 Å². The molecule has 3 heteroatoms. The van der Waals surface area contributed by atoms with Crippen LogP contribution in [0, 0.1) is 11.8 Å². The Hall–Kier alpha value is -0.570. The summed E-state index contributed by atoms with van der Waals surface area (Å²) in [6.07, 6.45) is 13.3. The predicted octanol–water partition coefficient (Wildman–Crippen LogP) is 3.19. The monoisotopic (exact) mass is 280 g/mol. The summed E-state index contributed by atoms with van der Waals surface area (Å²) >= 11 is 0. The summed E-state index contributed by atoms with van der Waals surface area (Å²) in [5.41, 5.74) is 0. The standard InChI is InChI=1S/C17H32N2O/c1-19(2)17(20)12-13-18-16-11-7-6-10-15(16)14-8-4-3-5-9-14/h14-16,18H,3-13H2,1-2H3. The molecule has 0 saturated heterocycles. The van der Waals surface area contributed by atoms with Gasteiger partial charge >= 0.3 is 0 Å². The Morgan fingerprint density at radius 1 is 1.00 bits per heavy atom. The number of carbonyl (C=O) groups is 1. The van der Waals surface area contributed by atoms with E-state index in [2.05, 4.69) is 5.32 Å². The molecule has 2 saturated carbocycles. The van der Waals surface area contributed by atoms with Crippen molar-refractivity contribution in [2.45, 2.75) is 70.3 Å². The van der Waals surface area contributed by atoms with Crippen LogP contribution in [0.3, 0.4) is 0 Å². The Labute approximate surface area is 124 Å². The van der Waals surface area contributed by atoms with E-state index in [9.17, 15) is 4.79 Å². The second kappa shape index (κ2) is 8.02. The molecule has 0 heterocycles. The summed E-state index contributed by atoms with van der Waals surface area (Å²) in [6, 6.07) is 0.668. The first kappa shape index (κ1) is 15.8. The highest BCUT2D eigenvalue weighted by atomic mass is 16.2. The molecule has 2 unspecified atom stereocenters. The third kappa shape index (κ3) is 4.47. The first-order valence-corrected chi connectivity index (χ1v) is 8.62. The summed E-state index contributed by atoms with van der Waals surface area (Å²) in [5, 5.41) is 3.71. The zero-order valence-electron chi connectivity index (χ0n) is 13.4. The molecule has 2 aliphatic carbocycles. The highest BCUT2D eigenvalue weighted by molar-refractivity contribution is 5.75. The van der Waals surface area contributed by atoms with Gasteiger partial charge in [-0.2, -0.15) is 0 Å². The van der Waals surface area contributed by atoms with Crippen LogP contribution in [-0.2, 0) is 4.79 Å². The lowest BCUT2D eigenvalue weighted by molar-refractivity contribution is -0.128. The van der Waals surface area contributed by atoms with Crippen LogP contribution in [0.5, 0.6) is 0 Å². The highest BCUT2D eigenvalue weighted by Crippen LogP contribution is 2.38. The van der Waals surface area contributed by atoms with Crippen molar-refractivity contribution in [3.8, 4) is 0 Å². The molecule has 0 spiro atoms. The Morgan fingerprint density at radius 3 is 2.35 bits per heavy atom. The lowest BCUT2D eigenvalue weighted by Crippen LogP contribution is -2.43.